The van der Waals surface area contributed by atoms with Gasteiger partial charge in [-0.2, -0.15) is 0 Å². The lowest BCUT2D eigenvalue weighted by atomic mass is 10.1. The maximum absolute atomic E-state index is 12.3. The minimum absolute atomic E-state index is 0.440. The minimum atomic E-state index is -0.441. The highest BCUT2D eigenvalue weighted by atomic mass is 32.1. The molecule has 4 heteroatoms. The molecule has 0 radical (unpaired) electrons. The van der Waals surface area contributed by atoms with Crippen LogP contribution in [0.2, 0.25) is 0 Å². The Kier molecular flexibility index (Phi) is 4.69. The molecule has 20 heavy (non-hydrogen) atoms. The van der Waals surface area contributed by atoms with Crippen molar-refractivity contribution in [1.29, 1.82) is 0 Å². The van der Waals surface area contributed by atoms with E-state index in [0.29, 0.717) is 18.7 Å². The zero-order valence-electron chi connectivity index (χ0n) is 11.6. The number of hydrogen-bond donors (Lipinski definition) is 0. The molecule has 1 amide bonds. The molecule has 1 aromatic heterocycles. The molecule has 0 aliphatic heterocycles. The number of aryl methyl sites for hydroxylation is 1. The van der Waals surface area contributed by atoms with Gasteiger partial charge in [0.25, 0.3) is 5.91 Å². The lowest BCUT2D eigenvalue weighted by Gasteiger charge is -2.19. The molecule has 0 bridgehead atoms. The molecule has 0 N–H and O–H groups in total. The first-order valence-corrected chi connectivity index (χ1v) is 7.42. The molecule has 0 aliphatic carbocycles. The van der Waals surface area contributed by atoms with Crippen LogP contribution in [0.5, 0.6) is 0 Å². The SMILES string of the molecule is CCN(Cc1cccs1)C(=O)C(=O)c1ccc(C)cc1. The number of nitrogens with zero attached hydrogens (tertiary/aromatic N) is 1. The Balaban J connectivity index is 2.11. The topological polar surface area (TPSA) is 37.4 Å². The first-order chi connectivity index (χ1) is 9.61. The number of Topliss-reactive ketones (excluding diaryl/α,β-unsaturated/α-hetero) is 1. The summed E-state index contributed by atoms with van der Waals surface area (Å²) >= 11 is 1.59. The molecule has 0 unspecified atom stereocenters. The predicted octanol–water partition coefficient (Wildman–Crippen LogP) is 3.29. The van der Waals surface area contributed by atoms with Gasteiger partial charge in [-0.15, -0.1) is 11.3 Å². The van der Waals surface area contributed by atoms with E-state index in [0.717, 1.165) is 10.4 Å². The molecule has 0 fully saturated rings. The van der Waals surface area contributed by atoms with Gasteiger partial charge in [0, 0.05) is 17.0 Å². The molecule has 104 valence electrons. The number of hydrogen-bond acceptors (Lipinski definition) is 3. The average molecular weight is 287 g/mol. The average Bonchev–Trinajstić information content (AvgIpc) is 2.97. The number of benzene rings is 1. The van der Waals surface area contributed by atoms with Crippen LogP contribution in [0.3, 0.4) is 0 Å². The molecular formula is C16H17NO2S. The Bertz CT molecular complexity index is 587. The molecule has 0 spiro atoms. The van der Waals surface area contributed by atoms with Crippen molar-refractivity contribution in [2.24, 2.45) is 0 Å². The van der Waals surface area contributed by atoms with Gasteiger partial charge in [-0.3, -0.25) is 9.59 Å². The molecular weight excluding hydrogens is 270 g/mol. The summed E-state index contributed by atoms with van der Waals surface area (Å²) in [5.74, 6) is -0.881. The fourth-order valence-electron chi connectivity index (χ4n) is 1.89. The van der Waals surface area contributed by atoms with Crippen molar-refractivity contribution in [1.82, 2.24) is 4.90 Å². The van der Waals surface area contributed by atoms with Crippen LogP contribution in [0.1, 0.15) is 27.7 Å². The van der Waals surface area contributed by atoms with Crippen LogP contribution in [0.4, 0.5) is 0 Å². The zero-order valence-corrected chi connectivity index (χ0v) is 12.4. The number of thiophene rings is 1. The van der Waals surface area contributed by atoms with Gasteiger partial charge >= 0.3 is 0 Å². The van der Waals surface area contributed by atoms with Crippen molar-refractivity contribution in [3.8, 4) is 0 Å². The van der Waals surface area contributed by atoms with Crippen molar-refractivity contribution >= 4 is 23.0 Å². The second kappa shape index (κ2) is 6.48. The van der Waals surface area contributed by atoms with Crippen molar-refractivity contribution in [3.05, 3.63) is 57.8 Å². The Morgan fingerprint density at radius 1 is 1.15 bits per heavy atom. The smallest absolute Gasteiger partial charge is 0.295 e. The van der Waals surface area contributed by atoms with E-state index in [4.69, 9.17) is 0 Å². The van der Waals surface area contributed by atoms with E-state index in [-0.39, 0.29) is 0 Å². The molecule has 0 aliphatic rings. The summed E-state index contributed by atoms with van der Waals surface area (Å²) in [6, 6.07) is 11.0. The molecule has 0 saturated heterocycles. The van der Waals surface area contributed by atoms with Crippen molar-refractivity contribution in [2.75, 3.05) is 6.54 Å². The number of rotatable bonds is 5. The van der Waals surface area contributed by atoms with Crippen molar-refractivity contribution in [2.45, 2.75) is 20.4 Å². The summed E-state index contributed by atoms with van der Waals surface area (Å²) < 4.78 is 0. The van der Waals surface area contributed by atoms with Crippen molar-refractivity contribution < 1.29 is 9.59 Å². The van der Waals surface area contributed by atoms with Gasteiger partial charge in [-0.1, -0.05) is 35.9 Å². The Morgan fingerprint density at radius 3 is 2.40 bits per heavy atom. The van der Waals surface area contributed by atoms with E-state index < -0.39 is 11.7 Å². The maximum Gasteiger partial charge on any atom is 0.295 e. The second-order valence-corrected chi connectivity index (χ2v) is 5.63. The summed E-state index contributed by atoms with van der Waals surface area (Å²) in [5, 5.41) is 1.97. The summed E-state index contributed by atoms with van der Waals surface area (Å²) in [6.07, 6.45) is 0. The van der Waals surface area contributed by atoms with E-state index in [2.05, 4.69) is 0 Å². The second-order valence-electron chi connectivity index (χ2n) is 4.59. The molecule has 2 aromatic rings. The highest BCUT2D eigenvalue weighted by Crippen LogP contribution is 2.13. The van der Waals surface area contributed by atoms with Gasteiger partial charge in [0.15, 0.2) is 0 Å². The van der Waals surface area contributed by atoms with Gasteiger partial charge in [-0.25, -0.2) is 0 Å². The minimum Gasteiger partial charge on any atom is -0.331 e. The van der Waals surface area contributed by atoms with Crippen LogP contribution in [0.15, 0.2) is 41.8 Å². The highest BCUT2D eigenvalue weighted by Gasteiger charge is 2.22. The number of likely N-dealkylation sites (N-methyl/N-ethyl adjacent to an activating group) is 1. The number of carbonyl (C=O) groups excluding carboxylic acids is 2. The van der Waals surface area contributed by atoms with Gasteiger partial charge in [0.1, 0.15) is 0 Å². The van der Waals surface area contributed by atoms with Gasteiger partial charge in [0.2, 0.25) is 5.78 Å². The Hall–Kier alpha value is -1.94. The largest absolute Gasteiger partial charge is 0.331 e. The van der Waals surface area contributed by atoms with Crippen LogP contribution in [0.25, 0.3) is 0 Å². The van der Waals surface area contributed by atoms with Gasteiger partial charge in [-0.05, 0) is 25.3 Å². The Labute approximate surface area is 122 Å². The van der Waals surface area contributed by atoms with E-state index >= 15 is 0 Å². The van der Waals surface area contributed by atoms with Crippen LogP contribution < -0.4 is 0 Å². The summed E-state index contributed by atoms with van der Waals surface area (Å²) in [5.41, 5.74) is 1.52. The van der Waals surface area contributed by atoms with E-state index in [1.54, 1.807) is 28.4 Å². The van der Waals surface area contributed by atoms with E-state index in [9.17, 15) is 9.59 Å². The van der Waals surface area contributed by atoms with Gasteiger partial charge in [0.05, 0.1) is 6.54 Å². The van der Waals surface area contributed by atoms with E-state index in [1.165, 1.54) is 0 Å². The quantitative estimate of drug-likeness (QED) is 0.625. The molecule has 3 nitrogen and oxygen atoms in total. The van der Waals surface area contributed by atoms with Crippen LogP contribution in [0, 0.1) is 6.92 Å². The molecule has 0 saturated carbocycles. The number of amides is 1. The Morgan fingerprint density at radius 2 is 1.85 bits per heavy atom. The normalized spacial score (nSPS) is 10.3. The summed E-state index contributed by atoms with van der Waals surface area (Å²) in [4.78, 5) is 27.1. The zero-order chi connectivity index (χ0) is 14.5. The highest BCUT2D eigenvalue weighted by molar-refractivity contribution is 7.09. The standard InChI is InChI=1S/C16H17NO2S/c1-3-17(11-14-5-4-10-20-14)16(19)15(18)13-8-6-12(2)7-9-13/h4-10H,3,11H2,1-2H3. The maximum atomic E-state index is 12.3. The molecule has 0 atom stereocenters. The monoisotopic (exact) mass is 287 g/mol. The van der Waals surface area contributed by atoms with Crippen LogP contribution in [-0.4, -0.2) is 23.1 Å². The molecule has 1 aromatic carbocycles. The first kappa shape index (κ1) is 14.5. The third-order valence-corrected chi connectivity index (χ3v) is 3.96. The van der Waals surface area contributed by atoms with Gasteiger partial charge < -0.3 is 4.90 Å². The lowest BCUT2D eigenvalue weighted by molar-refractivity contribution is -0.126. The third-order valence-electron chi connectivity index (χ3n) is 3.10. The fraction of sp³-hybridized carbons (Fsp3) is 0.250. The molecule has 2 rings (SSSR count). The summed E-state index contributed by atoms with van der Waals surface area (Å²) in [7, 11) is 0. The number of ketones is 1. The number of carbonyl (C=O) groups is 2. The summed E-state index contributed by atoms with van der Waals surface area (Å²) in [6.45, 7) is 4.85. The first-order valence-electron chi connectivity index (χ1n) is 6.54. The van der Waals surface area contributed by atoms with Crippen LogP contribution in [-0.2, 0) is 11.3 Å². The van der Waals surface area contributed by atoms with Crippen LogP contribution >= 0.6 is 11.3 Å². The van der Waals surface area contributed by atoms with Crippen molar-refractivity contribution in [3.63, 3.8) is 0 Å². The third kappa shape index (κ3) is 3.33. The molecule has 1 heterocycles. The predicted molar refractivity (Wildman–Crippen MR) is 80.9 cm³/mol. The lowest BCUT2D eigenvalue weighted by Crippen LogP contribution is -2.35. The fourth-order valence-corrected chi connectivity index (χ4v) is 2.61. The van der Waals surface area contributed by atoms with E-state index in [1.807, 2.05) is 43.5 Å².